The third kappa shape index (κ3) is 3.84. The Morgan fingerprint density at radius 3 is 2.75 bits per heavy atom. The van der Waals surface area contributed by atoms with Crippen molar-refractivity contribution in [2.75, 3.05) is 6.61 Å². The minimum atomic E-state index is -0.637. The average Bonchev–Trinajstić information content (AvgIpc) is 2.27. The molecular weight excluding hydrogens is 210 g/mol. The van der Waals surface area contributed by atoms with Crippen molar-refractivity contribution in [3.8, 4) is 0 Å². The van der Waals surface area contributed by atoms with Crippen molar-refractivity contribution in [3.63, 3.8) is 0 Å². The van der Waals surface area contributed by atoms with E-state index < -0.39 is 18.2 Å². The third-order valence-corrected chi connectivity index (χ3v) is 1.90. The van der Waals surface area contributed by atoms with Crippen LogP contribution in [-0.2, 0) is 14.3 Å². The predicted octanol–water partition coefficient (Wildman–Crippen LogP) is 1.87. The van der Waals surface area contributed by atoms with Crippen molar-refractivity contribution < 1.29 is 19.1 Å². The summed E-state index contributed by atoms with van der Waals surface area (Å²) in [6, 6.07) is 0. The van der Waals surface area contributed by atoms with Gasteiger partial charge in [0.2, 0.25) is 0 Å². The van der Waals surface area contributed by atoms with Gasteiger partial charge in [-0.15, -0.1) is 0 Å². The number of rotatable bonds is 2. The second-order valence-corrected chi connectivity index (χ2v) is 3.76. The van der Waals surface area contributed by atoms with Gasteiger partial charge in [-0.1, -0.05) is 5.57 Å². The van der Waals surface area contributed by atoms with Crippen LogP contribution < -0.4 is 0 Å². The van der Waals surface area contributed by atoms with E-state index in [-0.39, 0.29) is 6.61 Å². The van der Waals surface area contributed by atoms with E-state index in [0.29, 0.717) is 12.1 Å². The average molecular weight is 225 g/mol. The molecule has 0 aromatic rings. The first-order valence-corrected chi connectivity index (χ1v) is 5.06. The molecule has 1 amide bonds. The number of esters is 1. The number of nitrogens with zero attached hydrogens (tertiary/aromatic N) is 1. The van der Waals surface area contributed by atoms with Crippen molar-refractivity contribution in [1.29, 1.82) is 0 Å². The van der Waals surface area contributed by atoms with Crippen LogP contribution in [0.5, 0.6) is 0 Å². The van der Waals surface area contributed by atoms with Gasteiger partial charge in [0.1, 0.15) is 6.10 Å². The van der Waals surface area contributed by atoms with Crippen LogP contribution in [0.2, 0.25) is 0 Å². The fourth-order valence-electron chi connectivity index (χ4n) is 1.35. The number of carbonyl (C=O) groups is 2. The van der Waals surface area contributed by atoms with Crippen LogP contribution in [0.25, 0.3) is 0 Å². The van der Waals surface area contributed by atoms with Gasteiger partial charge in [0.15, 0.2) is 0 Å². The smallest absolute Gasteiger partial charge is 0.433 e. The number of hydrogen-bond acceptors (Lipinski definition) is 4. The van der Waals surface area contributed by atoms with Crippen LogP contribution in [0.4, 0.5) is 4.79 Å². The van der Waals surface area contributed by atoms with Crippen LogP contribution in [0, 0.1) is 0 Å². The fourth-order valence-corrected chi connectivity index (χ4v) is 1.35. The number of carbonyl (C=O) groups excluding carboxylic acids is 2. The monoisotopic (exact) mass is 225 g/mol. The molecule has 88 valence electrons. The zero-order valence-corrected chi connectivity index (χ0v) is 9.65. The van der Waals surface area contributed by atoms with Gasteiger partial charge < -0.3 is 9.47 Å². The van der Waals surface area contributed by atoms with Gasteiger partial charge >= 0.3 is 12.1 Å². The molecule has 0 fully saturated rings. The maximum atomic E-state index is 11.1. The highest BCUT2D eigenvalue weighted by Gasteiger charge is 2.22. The van der Waals surface area contributed by atoms with Gasteiger partial charge in [0.05, 0.1) is 12.3 Å². The van der Waals surface area contributed by atoms with Crippen molar-refractivity contribution in [2.45, 2.75) is 33.3 Å². The molecule has 1 unspecified atom stereocenters. The highest BCUT2D eigenvalue weighted by Crippen LogP contribution is 2.11. The van der Waals surface area contributed by atoms with Crippen LogP contribution in [0.15, 0.2) is 16.6 Å². The minimum absolute atomic E-state index is 0.209. The Balaban J connectivity index is 2.93. The third-order valence-electron chi connectivity index (χ3n) is 1.90. The van der Waals surface area contributed by atoms with Gasteiger partial charge in [-0.2, -0.15) is 4.99 Å². The first-order chi connectivity index (χ1) is 7.49. The lowest BCUT2D eigenvalue weighted by Gasteiger charge is -2.14. The molecule has 0 N–H and O–H groups in total. The first kappa shape index (κ1) is 12.4. The zero-order valence-electron chi connectivity index (χ0n) is 9.65. The summed E-state index contributed by atoms with van der Waals surface area (Å²) < 4.78 is 9.87. The molecule has 0 radical (unpaired) electrons. The van der Waals surface area contributed by atoms with E-state index >= 15 is 0 Å². The zero-order chi connectivity index (χ0) is 12.1. The topological polar surface area (TPSA) is 65.0 Å². The molecule has 1 atom stereocenters. The Kier molecular flexibility index (Phi) is 4.22. The van der Waals surface area contributed by atoms with E-state index in [4.69, 9.17) is 9.47 Å². The number of aliphatic imine (C=N–C) groups is 1. The highest BCUT2D eigenvalue weighted by atomic mass is 16.6. The lowest BCUT2D eigenvalue weighted by molar-refractivity contribution is -0.143. The Labute approximate surface area is 94.1 Å². The molecule has 0 saturated carbocycles. The molecule has 0 saturated heterocycles. The van der Waals surface area contributed by atoms with E-state index in [2.05, 4.69) is 4.99 Å². The van der Waals surface area contributed by atoms with Crippen molar-refractivity contribution in [3.05, 3.63) is 11.6 Å². The molecule has 5 nitrogen and oxygen atoms in total. The van der Waals surface area contributed by atoms with Gasteiger partial charge in [-0.3, -0.25) is 4.79 Å². The number of hydrogen-bond donors (Lipinski definition) is 0. The first-order valence-electron chi connectivity index (χ1n) is 5.06. The summed E-state index contributed by atoms with van der Waals surface area (Å²) in [6.45, 7) is 5.29. The molecule has 5 heteroatoms. The summed E-state index contributed by atoms with van der Waals surface area (Å²) in [5.74, 6) is -0.394. The van der Waals surface area contributed by atoms with Gasteiger partial charge in [-0.05, 0) is 19.9 Å². The second kappa shape index (κ2) is 5.44. The SMILES string of the molecule is CC(=O)OC1CCOC(=O)N=C1C=C(C)C. The fraction of sp³-hybridized carbons (Fsp3) is 0.545. The molecule has 1 heterocycles. The lowest BCUT2D eigenvalue weighted by Crippen LogP contribution is -2.25. The van der Waals surface area contributed by atoms with E-state index in [1.807, 2.05) is 13.8 Å². The Morgan fingerprint density at radius 2 is 2.19 bits per heavy atom. The highest BCUT2D eigenvalue weighted by molar-refractivity contribution is 6.05. The van der Waals surface area contributed by atoms with Crippen LogP contribution in [-0.4, -0.2) is 30.5 Å². The van der Waals surface area contributed by atoms with E-state index in [1.54, 1.807) is 6.08 Å². The molecule has 0 bridgehead atoms. The maximum Gasteiger partial charge on any atom is 0.433 e. The quantitative estimate of drug-likeness (QED) is 0.673. The summed E-state index contributed by atoms with van der Waals surface area (Å²) in [6.07, 6.45) is 1.02. The Bertz CT molecular complexity index is 353. The predicted molar refractivity (Wildman–Crippen MR) is 58.4 cm³/mol. The molecule has 0 aromatic carbocycles. The summed E-state index contributed by atoms with van der Waals surface area (Å²) >= 11 is 0. The van der Waals surface area contributed by atoms with Gasteiger partial charge in [-0.25, -0.2) is 4.79 Å². The molecule has 16 heavy (non-hydrogen) atoms. The van der Waals surface area contributed by atoms with Crippen molar-refractivity contribution in [2.24, 2.45) is 4.99 Å². The molecule has 0 spiro atoms. The molecular formula is C11H15NO4. The molecule has 0 aromatic heterocycles. The summed E-state index contributed by atoms with van der Waals surface area (Å²) in [5.41, 5.74) is 1.42. The van der Waals surface area contributed by atoms with Crippen LogP contribution in [0.3, 0.4) is 0 Å². The van der Waals surface area contributed by atoms with E-state index in [0.717, 1.165) is 5.57 Å². The molecule has 0 aliphatic carbocycles. The van der Waals surface area contributed by atoms with Crippen LogP contribution in [0.1, 0.15) is 27.2 Å². The van der Waals surface area contributed by atoms with E-state index in [1.165, 1.54) is 6.92 Å². The number of cyclic esters (lactones) is 1. The lowest BCUT2D eigenvalue weighted by atomic mass is 10.1. The number of amides is 1. The molecule has 1 rings (SSSR count). The summed E-state index contributed by atoms with van der Waals surface area (Å²) in [7, 11) is 0. The van der Waals surface area contributed by atoms with Crippen molar-refractivity contribution in [1.82, 2.24) is 0 Å². The Hall–Kier alpha value is -1.65. The Morgan fingerprint density at radius 1 is 1.50 bits per heavy atom. The largest absolute Gasteiger partial charge is 0.456 e. The van der Waals surface area contributed by atoms with E-state index in [9.17, 15) is 9.59 Å². The summed E-state index contributed by atoms with van der Waals surface area (Å²) in [4.78, 5) is 25.8. The second-order valence-electron chi connectivity index (χ2n) is 3.76. The number of allylic oxidation sites excluding steroid dienone is 1. The van der Waals surface area contributed by atoms with Crippen molar-refractivity contribution >= 4 is 17.8 Å². The minimum Gasteiger partial charge on any atom is -0.456 e. The molecule has 1 aliphatic heterocycles. The summed E-state index contributed by atoms with van der Waals surface area (Å²) in [5, 5.41) is 0. The number of ether oxygens (including phenoxy) is 2. The van der Waals surface area contributed by atoms with Gasteiger partial charge in [0.25, 0.3) is 0 Å². The standard InChI is InChI=1S/C11H15NO4/c1-7(2)6-9-10(16-8(3)13)4-5-15-11(14)12-9/h6,10H,4-5H2,1-3H3. The normalized spacial score (nSPS) is 20.3. The van der Waals surface area contributed by atoms with Gasteiger partial charge in [0, 0.05) is 13.3 Å². The molecule has 1 aliphatic rings. The van der Waals surface area contributed by atoms with Crippen LogP contribution >= 0.6 is 0 Å². The maximum absolute atomic E-state index is 11.1.